The van der Waals surface area contributed by atoms with Crippen LogP contribution in [0.15, 0.2) is 18.2 Å². The number of hydrogen-bond donors (Lipinski definition) is 1. The first-order valence-corrected chi connectivity index (χ1v) is 5.26. The second kappa shape index (κ2) is 5.27. The standard InChI is InChI=1S/C10H11ClO2S/c1-2-13-10-4-3-7(5-8(10)11)9(12)6-14/h3-5,14H,2,6H2,1H3. The Morgan fingerprint density at radius 1 is 1.57 bits per heavy atom. The van der Waals surface area contributed by atoms with Crippen molar-refractivity contribution in [2.24, 2.45) is 0 Å². The van der Waals surface area contributed by atoms with Crippen molar-refractivity contribution in [2.45, 2.75) is 6.92 Å². The third kappa shape index (κ3) is 2.66. The molecule has 0 fully saturated rings. The van der Waals surface area contributed by atoms with Crippen LogP contribution >= 0.6 is 24.2 Å². The molecule has 0 radical (unpaired) electrons. The number of ether oxygens (including phenoxy) is 1. The van der Waals surface area contributed by atoms with Crippen LogP contribution in [0.3, 0.4) is 0 Å². The number of benzene rings is 1. The number of Topliss-reactive ketones (excluding diaryl/α,β-unsaturated/α-hetero) is 1. The monoisotopic (exact) mass is 230 g/mol. The SMILES string of the molecule is CCOc1ccc(C(=O)CS)cc1Cl. The number of ketones is 1. The first-order chi connectivity index (χ1) is 6.69. The molecule has 0 unspecified atom stereocenters. The van der Waals surface area contributed by atoms with E-state index in [0.717, 1.165) is 0 Å². The van der Waals surface area contributed by atoms with Gasteiger partial charge in [-0.1, -0.05) is 11.6 Å². The highest BCUT2D eigenvalue weighted by atomic mass is 35.5. The Bertz CT molecular complexity index is 339. The van der Waals surface area contributed by atoms with Gasteiger partial charge < -0.3 is 4.74 Å². The van der Waals surface area contributed by atoms with Crippen molar-refractivity contribution >= 4 is 30.0 Å². The minimum absolute atomic E-state index is 0.0433. The summed E-state index contributed by atoms with van der Waals surface area (Å²) in [7, 11) is 0. The summed E-state index contributed by atoms with van der Waals surface area (Å²) in [5.41, 5.74) is 0.563. The van der Waals surface area contributed by atoms with E-state index in [1.807, 2.05) is 6.92 Å². The summed E-state index contributed by atoms with van der Waals surface area (Å²) < 4.78 is 5.24. The van der Waals surface area contributed by atoms with Gasteiger partial charge in [0.25, 0.3) is 0 Å². The third-order valence-electron chi connectivity index (χ3n) is 1.70. The van der Waals surface area contributed by atoms with E-state index in [9.17, 15) is 4.79 Å². The maximum atomic E-state index is 11.3. The molecule has 0 bridgehead atoms. The Hall–Kier alpha value is -0.670. The maximum Gasteiger partial charge on any atom is 0.172 e. The molecule has 0 saturated carbocycles. The first-order valence-electron chi connectivity index (χ1n) is 4.25. The molecule has 0 spiro atoms. The predicted molar refractivity (Wildman–Crippen MR) is 60.8 cm³/mol. The smallest absolute Gasteiger partial charge is 0.172 e. The number of carbonyl (C=O) groups excluding carboxylic acids is 1. The van der Waals surface area contributed by atoms with Gasteiger partial charge in [-0.3, -0.25) is 4.79 Å². The molecule has 0 heterocycles. The largest absolute Gasteiger partial charge is 0.492 e. The Labute approximate surface area is 93.6 Å². The molecule has 0 N–H and O–H groups in total. The lowest BCUT2D eigenvalue weighted by Crippen LogP contribution is -2.01. The average molecular weight is 231 g/mol. The molecule has 0 aliphatic carbocycles. The molecule has 2 nitrogen and oxygen atoms in total. The van der Waals surface area contributed by atoms with Gasteiger partial charge in [-0.15, -0.1) is 0 Å². The highest BCUT2D eigenvalue weighted by Gasteiger charge is 2.07. The fraction of sp³-hybridized carbons (Fsp3) is 0.300. The van der Waals surface area contributed by atoms with Gasteiger partial charge in [-0.05, 0) is 25.1 Å². The predicted octanol–water partition coefficient (Wildman–Crippen LogP) is 2.85. The van der Waals surface area contributed by atoms with Crippen LogP contribution in [0.1, 0.15) is 17.3 Å². The Kier molecular flexibility index (Phi) is 4.29. The van der Waals surface area contributed by atoms with Crippen molar-refractivity contribution in [1.29, 1.82) is 0 Å². The molecule has 0 aliphatic heterocycles. The molecule has 0 amide bonds. The van der Waals surface area contributed by atoms with Crippen LogP contribution in [0.4, 0.5) is 0 Å². The Balaban J connectivity index is 2.94. The number of halogens is 1. The van der Waals surface area contributed by atoms with E-state index in [4.69, 9.17) is 16.3 Å². The van der Waals surface area contributed by atoms with Gasteiger partial charge in [0.1, 0.15) is 5.75 Å². The van der Waals surface area contributed by atoms with Crippen molar-refractivity contribution in [2.75, 3.05) is 12.4 Å². The quantitative estimate of drug-likeness (QED) is 0.636. The van der Waals surface area contributed by atoms with E-state index in [2.05, 4.69) is 12.6 Å². The van der Waals surface area contributed by atoms with Gasteiger partial charge in [0, 0.05) is 5.56 Å². The zero-order valence-corrected chi connectivity index (χ0v) is 9.44. The summed E-state index contributed by atoms with van der Waals surface area (Å²) in [5, 5.41) is 0.458. The zero-order valence-electron chi connectivity index (χ0n) is 7.79. The van der Waals surface area contributed by atoms with Crippen LogP contribution in [-0.4, -0.2) is 18.1 Å². The number of rotatable bonds is 4. The molecule has 1 rings (SSSR count). The molecule has 0 aliphatic rings. The fourth-order valence-electron chi connectivity index (χ4n) is 1.04. The number of hydrogen-bond acceptors (Lipinski definition) is 3. The number of thiol groups is 1. The van der Waals surface area contributed by atoms with E-state index in [1.165, 1.54) is 0 Å². The molecule has 76 valence electrons. The van der Waals surface area contributed by atoms with Gasteiger partial charge in [-0.25, -0.2) is 0 Å². The Morgan fingerprint density at radius 3 is 2.79 bits per heavy atom. The highest BCUT2D eigenvalue weighted by Crippen LogP contribution is 2.25. The molecular formula is C10H11ClO2S. The topological polar surface area (TPSA) is 26.3 Å². The fourth-order valence-corrected chi connectivity index (χ4v) is 1.46. The van der Waals surface area contributed by atoms with Gasteiger partial charge in [0.2, 0.25) is 0 Å². The minimum atomic E-state index is -0.0433. The molecular weight excluding hydrogens is 220 g/mol. The van der Waals surface area contributed by atoms with Crippen molar-refractivity contribution in [3.8, 4) is 5.75 Å². The molecule has 0 saturated heterocycles. The van der Waals surface area contributed by atoms with Gasteiger partial charge >= 0.3 is 0 Å². The van der Waals surface area contributed by atoms with Crippen LogP contribution in [0, 0.1) is 0 Å². The molecule has 0 atom stereocenters. The third-order valence-corrected chi connectivity index (χ3v) is 2.28. The maximum absolute atomic E-state index is 11.3. The van der Waals surface area contributed by atoms with E-state index < -0.39 is 0 Å². The van der Waals surface area contributed by atoms with Crippen molar-refractivity contribution in [3.63, 3.8) is 0 Å². The second-order valence-electron chi connectivity index (χ2n) is 2.66. The van der Waals surface area contributed by atoms with Crippen molar-refractivity contribution in [1.82, 2.24) is 0 Å². The average Bonchev–Trinajstić information content (AvgIpc) is 2.20. The van der Waals surface area contributed by atoms with E-state index >= 15 is 0 Å². The van der Waals surface area contributed by atoms with E-state index in [1.54, 1.807) is 18.2 Å². The van der Waals surface area contributed by atoms with Crippen LogP contribution in [0.2, 0.25) is 5.02 Å². The summed E-state index contributed by atoms with van der Waals surface area (Å²) in [5.74, 6) is 0.743. The van der Waals surface area contributed by atoms with Crippen LogP contribution < -0.4 is 4.74 Å². The lowest BCUT2D eigenvalue weighted by Gasteiger charge is -2.06. The number of carbonyl (C=O) groups is 1. The first kappa shape index (κ1) is 11.4. The van der Waals surface area contributed by atoms with Crippen LogP contribution in [0.5, 0.6) is 5.75 Å². The molecule has 1 aromatic carbocycles. The van der Waals surface area contributed by atoms with Crippen molar-refractivity contribution < 1.29 is 9.53 Å². The summed E-state index contributed by atoms with van der Waals surface area (Å²) in [6, 6.07) is 4.99. The highest BCUT2D eigenvalue weighted by molar-refractivity contribution is 7.81. The van der Waals surface area contributed by atoms with Crippen molar-refractivity contribution in [3.05, 3.63) is 28.8 Å². The second-order valence-corrected chi connectivity index (χ2v) is 3.38. The van der Waals surface area contributed by atoms with Crippen LogP contribution in [0.25, 0.3) is 0 Å². The zero-order chi connectivity index (χ0) is 10.6. The molecule has 0 aromatic heterocycles. The normalized spacial score (nSPS) is 9.93. The summed E-state index contributed by atoms with van der Waals surface area (Å²) in [6.07, 6.45) is 0. The molecule has 14 heavy (non-hydrogen) atoms. The molecule has 4 heteroatoms. The van der Waals surface area contributed by atoms with Crippen LogP contribution in [-0.2, 0) is 0 Å². The van der Waals surface area contributed by atoms with E-state index in [0.29, 0.717) is 22.9 Å². The van der Waals surface area contributed by atoms with Gasteiger partial charge in [0.15, 0.2) is 5.78 Å². The molecule has 1 aromatic rings. The summed E-state index contributed by atoms with van der Waals surface area (Å²) in [4.78, 5) is 11.3. The lowest BCUT2D eigenvalue weighted by molar-refractivity contribution is 0.102. The minimum Gasteiger partial charge on any atom is -0.492 e. The lowest BCUT2D eigenvalue weighted by atomic mass is 10.1. The summed E-state index contributed by atoms with van der Waals surface area (Å²) >= 11 is 9.81. The Morgan fingerprint density at radius 2 is 2.29 bits per heavy atom. The van der Waals surface area contributed by atoms with Gasteiger partial charge in [0.05, 0.1) is 17.4 Å². The van der Waals surface area contributed by atoms with E-state index in [-0.39, 0.29) is 11.5 Å². The van der Waals surface area contributed by atoms with Gasteiger partial charge in [-0.2, -0.15) is 12.6 Å². The summed E-state index contributed by atoms with van der Waals surface area (Å²) in [6.45, 7) is 2.43.